The maximum Gasteiger partial charge on any atom is 0.342 e. The Morgan fingerprint density at radius 2 is 1.70 bits per heavy atom. The summed E-state index contributed by atoms with van der Waals surface area (Å²) >= 11 is 0. The molecule has 0 amide bonds. The molecule has 6 heteroatoms. The highest BCUT2D eigenvalue weighted by Gasteiger charge is 2.20. The summed E-state index contributed by atoms with van der Waals surface area (Å²) in [5.74, 6) is -3.09. The molecule has 3 rings (SSSR count). The highest BCUT2D eigenvalue weighted by molar-refractivity contribution is 5.78. The summed E-state index contributed by atoms with van der Waals surface area (Å²) in [4.78, 5) is 11.9. The van der Waals surface area contributed by atoms with Gasteiger partial charge in [0.2, 0.25) is 0 Å². The Balaban J connectivity index is 2.13. The van der Waals surface area contributed by atoms with Gasteiger partial charge < -0.3 is 9.15 Å². The maximum atomic E-state index is 14.5. The lowest BCUT2D eigenvalue weighted by Crippen LogP contribution is -2.12. The summed E-state index contributed by atoms with van der Waals surface area (Å²) in [5.41, 5.74) is -0.998. The molecule has 3 aromatic rings. The van der Waals surface area contributed by atoms with E-state index in [1.165, 1.54) is 7.11 Å². The molecule has 0 atom stereocenters. The average molecular weight is 320 g/mol. The molecule has 0 bridgehead atoms. The van der Waals surface area contributed by atoms with Gasteiger partial charge >= 0.3 is 5.63 Å². The van der Waals surface area contributed by atoms with Gasteiger partial charge in [-0.05, 0) is 29.8 Å². The van der Waals surface area contributed by atoms with Crippen molar-refractivity contribution in [1.29, 1.82) is 0 Å². The molecule has 0 aliphatic rings. The zero-order valence-electron chi connectivity index (χ0n) is 12.0. The zero-order valence-corrected chi connectivity index (χ0v) is 12.0. The fourth-order valence-corrected chi connectivity index (χ4v) is 2.32. The minimum absolute atomic E-state index is 0.107. The highest BCUT2D eigenvalue weighted by Crippen LogP contribution is 2.25. The number of fused-ring (bicyclic) bond motifs is 1. The van der Waals surface area contributed by atoms with Gasteiger partial charge in [0.25, 0.3) is 0 Å². The van der Waals surface area contributed by atoms with Crippen LogP contribution in [-0.4, -0.2) is 7.11 Å². The number of hydrogen-bond acceptors (Lipinski definition) is 3. The summed E-state index contributed by atoms with van der Waals surface area (Å²) in [6.45, 7) is 0. The SMILES string of the molecule is COc1ccc(Cc2c(F)c3c(F)c(F)ccc3oc2=O)cc1. The molecule has 1 heterocycles. The van der Waals surface area contributed by atoms with Crippen LogP contribution in [0.4, 0.5) is 13.2 Å². The lowest BCUT2D eigenvalue weighted by Gasteiger charge is -2.07. The minimum atomic E-state index is -1.38. The first kappa shape index (κ1) is 15.1. The van der Waals surface area contributed by atoms with Crippen molar-refractivity contribution in [2.75, 3.05) is 7.11 Å². The van der Waals surface area contributed by atoms with Crippen molar-refractivity contribution in [2.24, 2.45) is 0 Å². The van der Waals surface area contributed by atoms with E-state index in [-0.39, 0.29) is 17.6 Å². The quantitative estimate of drug-likeness (QED) is 0.689. The second kappa shape index (κ2) is 5.79. The molecule has 0 unspecified atom stereocenters. The summed E-state index contributed by atoms with van der Waals surface area (Å²) in [6.07, 6.45) is -0.107. The normalized spacial score (nSPS) is 11.0. The smallest absolute Gasteiger partial charge is 0.342 e. The Morgan fingerprint density at radius 1 is 1.00 bits per heavy atom. The van der Waals surface area contributed by atoms with E-state index in [9.17, 15) is 18.0 Å². The van der Waals surface area contributed by atoms with Crippen LogP contribution in [0.25, 0.3) is 11.0 Å². The van der Waals surface area contributed by atoms with E-state index in [0.29, 0.717) is 11.3 Å². The summed E-state index contributed by atoms with van der Waals surface area (Å²) in [5, 5.41) is -0.659. The minimum Gasteiger partial charge on any atom is -0.497 e. The molecular weight excluding hydrogens is 309 g/mol. The van der Waals surface area contributed by atoms with Gasteiger partial charge in [-0.1, -0.05) is 12.1 Å². The molecule has 0 aliphatic heterocycles. The molecular formula is C17H11F3O3. The molecule has 23 heavy (non-hydrogen) atoms. The second-order valence-corrected chi connectivity index (χ2v) is 4.94. The molecule has 0 N–H and O–H groups in total. The third kappa shape index (κ3) is 2.67. The van der Waals surface area contributed by atoms with Crippen molar-refractivity contribution in [3.05, 3.63) is 75.4 Å². The standard InChI is InChI=1S/C17H11F3O3/c1-22-10-4-2-9(3-5-10)8-11-15(19)14-13(23-17(11)21)7-6-12(18)16(14)20/h2-7H,8H2,1H3. The molecule has 118 valence electrons. The molecule has 0 radical (unpaired) electrons. The molecule has 3 nitrogen and oxygen atoms in total. The predicted molar refractivity (Wildman–Crippen MR) is 78.2 cm³/mol. The van der Waals surface area contributed by atoms with Gasteiger partial charge in [0, 0.05) is 6.42 Å². The zero-order chi connectivity index (χ0) is 16.6. The number of halogens is 3. The number of benzene rings is 2. The van der Waals surface area contributed by atoms with Gasteiger partial charge in [-0.25, -0.2) is 18.0 Å². The van der Waals surface area contributed by atoms with Crippen LogP contribution in [0.2, 0.25) is 0 Å². The predicted octanol–water partition coefficient (Wildman–Crippen LogP) is 3.81. The lowest BCUT2D eigenvalue weighted by molar-refractivity contribution is 0.414. The van der Waals surface area contributed by atoms with Crippen LogP contribution in [0.15, 0.2) is 45.6 Å². The number of rotatable bonds is 3. The monoisotopic (exact) mass is 320 g/mol. The Kier molecular flexibility index (Phi) is 3.82. The first-order chi connectivity index (χ1) is 11.0. The Morgan fingerprint density at radius 3 is 2.35 bits per heavy atom. The van der Waals surface area contributed by atoms with E-state index in [4.69, 9.17) is 9.15 Å². The van der Waals surface area contributed by atoms with Crippen molar-refractivity contribution < 1.29 is 22.3 Å². The van der Waals surface area contributed by atoms with E-state index >= 15 is 0 Å². The average Bonchev–Trinajstić information content (AvgIpc) is 2.55. The number of ether oxygens (including phenoxy) is 1. The van der Waals surface area contributed by atoms with Crippen LogP contribution >= 0.6 is 0 Å². The van der Waals surface area contributed by atoms with Crippen LogP contribution in [0.5, 0.6) is 5.75 Å². The van der Waals surface area contributed by atoms with Crippen LogP contribution in [0.1, 0.15) is 11.1 Å². The van der Waals surface area contributed by atoms with Gasteiger partial charge in [-0.2, -0.15) is 0 Å². The molecule has 1 aromatic heterocycles. The van der Waals surface area contributed by atoms with Gasteiger partial charge in [-0.3, -0.25) is 0 Å². The van der Waals surface area contributed by atoms with Crippen LogP contribution < -0.4 is 10.4 Å². The van der Waals surface area contributed by atoms with Gasteiger partial charge in [0.15, 0.2) is 11.6 Å². The maximum absolute atomic E-state index is 14.5. The van der Waals surface area contributed by atoms with Crippen LogP contribution in [0.3, 0.4) is 0 Å². The van der Waals surface area contributed by atoms with Crippen molar-refractivity contribution in [2.45, 2.75) is 6.42 Å². The fraction of sp³-hybridized carbons (Fsp3) is 0.118. The van der Waals surface area contributed by atoms with E-state index in [1.807, 2.05) is 0 Å². The van der Waals surface area contributed by atoms with Crippen LogP contribution in [0, 0.1) is 17.5 Å². The second-order valence-electron chi connectivity index (χ2n) is 4.94. The van der Waals surface area contributed by atoms with Crippen molar-refractivity contribution in [3.63, 3.8) is 0 Å². The summed E-state index contributed by atoms with van der Waals surface area (Å²) in [7, 11) is 1.50. The topological polar surface area (TPSA) is 39.4 Å². The number of methoxy groups -OCH3 is 1. The Bertz CT molecular complexity index is 930. The van der Waals surface area contributed by atoms with Crippen molar-refractivity contribution >= 4 is 11.0 Å². The molecule has 0 saturated carbocycles. The van der Waals surface area contributed by atoms with Crippen molar-refractivity contribution in [1.82, 2.24) is 0 Å². The van der Waals surface area contributed by atoms with E-state index in [0.717, 1.165) is 12.1 Å². The molecule has 0 fully saturated rings. The first-order valence-electron chi connectivity index (χ1n) is 6.73. The van der Waals surface area contributed by atoms with E-state index < -0.39 is 28.5 Å². The fourth-order valence-electron chi connectivity index (χ4n) is 2.32. The summed E-state index contributed by atoms with van der Waals surface area (Å²) in [6, 6.07) is 8.39. The molecule has 0 saturated heterocycles. The van der Waals surface area contributed by atoms with E-state index in [2.05, 4.69) is 0 Å². The summed E-state index contributed by atoms with van der Waals surface area (Å²) < 4.78 is 51.5. The van der Waals surface area contributed by atoms with Gasteiger partial charge in [-0.15, -0.1) is 0 Å². The Hall–Kier alpha value is -2.76. The lowest BCUT2D eigenvalue weighted by atomic mass is 10.0. The third-order valence-electron chi connectivity index (χ3n) is 3.53. The van der Waals surface area contributed by atoms with Gasteiger partial charge in [0.05, 0.1) is 18.1 Å². The third-order valence-corrected chi connectivity index (χ3v) is 3.53. The van der Waals surface area contributed by atoms with Gasteiger partial charge in [0.1, 0.15) is 17.1 Å². The van der Waals surface area contributed by atoms with Crippen molar-refractivity contribution in [3.8, 4) is 5.75 Å². The molecule has 2 aromatic carbocycles. The molecule has 0 spiro atoms. The number of hydrogen-bond donors (Lipinski definition) is 0. The van der Waals surface area contributed by atoms with Crippen LogP contribution in [-0.2, 0) is 6.42 Å². The largest absolute Gasteiger partial charge is 0.497 e. The van der Waals surface area contributed by atoms with E-state index in [1.54, 1.807) is 24.3 Å². The molecule has 0 aliphatic carbocycles. The Labute approximate surface area is 128 Å². The highest BCUT2D eigenvalue weighted by atomic mass is 19.2. The first-order valence-corrected chi connectivity index (χ1v) is 6.73.